The van der Waals surface area contributed by atoms with Gasteiger partial charge in [-0.25, -0.2) is 0 Å². The molecule has 0 amide bonds. The molecule has 1 aliphatic carbocycles. The Morgan fingerprint density at radius 2 is 2.17 bits per heavy atom. The van der Waals surface area contributed by atoms with Crippen molar-refractivity contribution in [2.24, 2.45) is 5.41 Å². The Hall–Kier alpha value is -2.93. The van der Waals surface area contributed by atoms with E-state index in [9.17, 15) is 4.79 Å². The summed E-state index contributed by atoms with van der Waals surface area (Å²) in [4.78, 5) is 19.6. The molecule has 156 valence electrons. The fraction of sp³-hybridized carbons (Fsp3) is 0.364. The van der Waals surface area contributed by atoms with Crippen molar-refractivity contribution < 1.29 is 14.4 Å². The molecule has 0 fully saturated rings. The topological polar surface area (TPSA) is 101 Å². The third-order valence-electron chi connectivity index (χ3n) is 5.41. The van der Waals surface area contributed by atoms with Gasteiger partial charge in [-0.1, -0.05) is 30.6 Å². The van der Waals surface area contributed by atoms with Gasteiger partial charge in [0.1, 0.15) is 0 Å². The van der Waals surface area contributed by atoms with E-state index in [2.05, 4.69) is 34.3 Å². The first kappa shape index (κ1) is 20.3. The molecule has 3 aromatic rings. The van der Waals surface area contributed by atoms with E-state index >= 15 is 0 Å². The Morgan fingerprint density at radius 1 is 1.33 bits per heavy atom. The number of pyridine rings is 1. The van der Waals surface area contributed by atoms with E-state index in [4.69, 9.17) is 21.2 Å². The molecule has 0 radical (unpaired) electrons. The second-order valence-electron chi connectivity index (χ2n) is 8.35. The molecule has 0 saturated heterocycles. The molecule has 2 heterocycles. The van der Waals surface area contributed by atoms with E-state index in [-0.39, 0.29) is 11.8 Å². The van der Waals surface area contributed by atoms with Crippen molar-refractivity contribution in [3.63, 3.8) is 0 Å². The van der Waals surface area contributed by atoms with Crippen LogP contribution >= 0.6 is 11.6 Å². The smallest absolute Gasteiger partial charge is 0.305 e. The number of fused-ring (bicyclic) bond motifs is 1. The van der Waals surface area contributed by atoms with E-state index in [0.717, 1.165) is 30.4 Å². The van der Waals surface area contributed by atoms with Crippen LogP contribution in [0.3, 0.4) is 0 Å². The molecular formula is C22H23ClN4O3. The van der Waals surface area contributed by atoms with Crippen molar-refractivity contribution in [2.75, 3.05) is 11.9 Å². The Kier molecular flexibility index (Phi) is 5.47. The summed E-state index contributed by atoms with van der Waals surface area (Å²) in [6.45, 7) is 4.85. The first-order valence-corrected chi connectivity index (χ1v) is 10.3. The molecule has 4 rings (SSSR count). The maximum Gasteiger partial charge on any atom is 0.305 e. The van der Waals surface area contributed by atoms with E-state index in [1.54, 1.807) is 18.3 Å². The van der Waals surface area contributed by atoms with E-state index in [1.807, 2.05) is 12.3 Å². The molecule has 7 nitrogen and oxygen atoms in total. The van der Waals surface area contributed by atoms with Crippen molar-refractivity contribution in [1.82, 2.24) is 15.1 Å². The number of carbonyl (C=O) groups is 1. The number of benzene rings is 1. The van der Waals surface area contributed by atoms with Crippen LogP contribution in [-0.2, 0) is 17.6 Å². The Labute approximate surface area is 179 Å². The normalized spacial score (nSPS) is 14.9. The third-order valence-corrected chi connectivity index (χ3v) is 5.72. The summed E-state index contributed by atoms with van der Waals surface area (Å²) in [5.74, 6) is 0.0299. The number of hydrogen-bond donors (Lipinski definition) is 2. The van der Waals surface area contributed by atoms with Crippen LogP contribution < -0.4 is 5.32 Å². The second kappa shape index (κ2) is 8.07. The molecule has 30 heavy (non-hydrogen) atoms. The third kappa shape index (κ3) is 4.31. The molecule has 1 aromatic carbocycles. The Bertz CT molecular complexity index is 1090. The van der Waals surface area contributed by atoms with Gasteiger partial charge in [0, 0.05) is 24.5 Å². The SMILES string of the molecule is CC1(C)CCc2c(cncc2-c2nc(-c3ccc(NCCC(=O)O)c(Cl)c3)no2)C1. The van der Waals surface area contributed by atoms with Gasteiger partial charge in [0.05, 0.1) is 22.7 Å². The summed E-state index contributed by atoms with van der Waals surface area (Å²) in [5.41, 5.74) is 5.01. The summed E-state index contributed by atoms with van der Waals surface area (Å²) < 4.78 is 5.56. The number of carboxylic acid groups (broad SMARTS) is 1. The number of nitrogens with one attached hydrogen (secondary N) is 1. The lowest BCUT2D eigenvalue weighted by Crippen LogP contribution is -2.22. The molecule has 0 atom stereocenters. The quantitative estimate of drug-likeness (QED) is 0.580. The maximum absolute atomic E-state index is 10.6. The van der Waals surface area contributed by atoms with Gasteiger partial charge in [0.25, 0.3) is 5.89 Å². The van der Waals surface area contributed by atoms with Gasteiger partial charge in [-0.05, 0) is 54.0 Å². The van der Waals surface area contributed by atoms with Crippen molar-refractivity contribution in [3.05, 3.63) is 46.7 Å². The molecule has 0 spiro atoms. The summed E-state index contributed by atoms with van der Waals surface area (Å²) in [6.07, 6.45) is 6.78. The molecule has 0 saturated carbocycles. The van der Waals surface area contributed by atoms with Gasteiger partial charge < -0.3 is 14.9 Å². The number of rotatable bonds is 6. The molecule has 8 heteroatoms. The van der Waals surface area contributed by atoms with Gasteiger partial charge in [0.15, 0.2) is 0 Å². The summed E-state index contributed by atoms with van der Waals surface area (Å²) in [6, 6.07) is 5.34. The zero-order valence-corrected chi connectivity index (χ0v) is 17.7. The second-order valence-corrected chi connectivity index (χ2v) is 8.76. The lowest BCUT2D eigenvalue weighted by molar-refractivity contribution is -0.136. The average molecular weight is 427 g/mol. The number of nitrogens with zero attached hydrogens (tertiary/aromatic N) is 3. The van der Waals surface area contributed by atoms with Crippen LogP contribution in [0.5, 0.6) is 0 Å². The van der Waals surface area contributed by atoms with Crippen LogP contribution in [0.25, 0.3) is 22.8 Å². The van der Waals surface area contributed by atoms with Crippen LogP contribution in [0.15, 0.2) is 35.1 Å². The van der Waals surface area contributed by atoms with E-state index < -0.39 is 5.97 Å². The fourth-order valence-corrected chi connectivity index (χ4v) is 4.03. The van der Waals surface area contributed by atoms with Gasteiger partial charge in [0.2, 0.25) is 5.82 Å². The summed E-state index contributed by atoms with van der Waals surface area (Å²) in [5, 5.41) is 16.3. The monoisotopic (exact) mass is 426 g/mol. The largest absolute Gasteiger partial charge is 0.481 e. The summed E-state index contributed by atoms with van der Waals surface area (Å²) in [7, 11) is 0. The Morgan fingerprint density at radius 3 is 2.93 bits per heavy atom. The molecule has 0 unspecified atom stereocenters. The number of aromatic nitrogens is 3. The fourth-order valence-electron chi connectivity index (χ4n) is 3.78. The highest BCUT2D eigenvalue weighted by Gasteiger charge is 2.28. The van der Waals surface area contributed by atoms with Crippen LogP contribution in [0.1, 0.15) is 37.8 Å². The number of carboxylic acids is 1. The minimum Gasteiger partial charge on any atom is -0.481 e. The predicted molar refractivity (Wildman–Crippen MR) is 115 cm³/mol. The average Bonchev–Trinajstić information content (AvgIpc) is 3.17. The molecule has 0 bridgehead atoms. The van der Waals surface area contributed by atoms with Crippen molar-refractivity contribution >= 4 is 23.3 Å². The van der Waals surface area contributed by atoms with Gasteiger partial charge in [-0.2, -0.15) is 4.98 Å². The standard InChI is InChI=1S/C22H23ClN4O3/c1-22(2)7-5-15-14(10-22)11-24-12-16(15)21-26-20(27-30-21)13-3-4-18(17(23)9-13)25-8-6-19(28)29/h3-4,9,11-12,25H,5-8,10H2,1-2H3,(H,28,29). The zero-order chi connectivity index (χ0) is 21.3. The van der Waals surface area contributed by atoms with Crippen molar-refractivity contribution in [2.45, 2.75) is 39.5 Å². The van der Waals surface area contributed by atoms with E-state index in [1.165, 1.54) is 11.1 Å². The lowest BCUT2D eigenvalue weighted by Gasteiger charge is -2.31. The van der Waals surface area contributed by atoms with Crippen LogP contribution in [-0.4, -0.2) is 32.7 Å². The summed E-state index contributed by atoms with van der Waals surface area (Å²) >= 11 is 6.33. The number of halogens is 1. The van der Waals surface area contributed by atoms with Crippen molar-refractivity contribution in [3.8, 4) is 22.8 Å². The Balaban J connectivity index is 1.57. The first-order chi connectivity index (χ1) is 14.3. The van der Waals surface area contributed by atoms with E-state index in [0.29, 0.717) is 29.0 Å². The number of aliphatic carboxylic acids is 1. The zero-order valence-electron chi connectivity index (χ0n) is 16.9. The van der Waals surface area contributed by atoms with Gasteiger partial charge >= 0.3 is 5.97 Å². The van der Waals surface area contributed by atoms with Crippen molar-refractivity contribution in [1.29, 1.82) is 0 Å². The predicted octanol–water partition coefficient (Wildman–Crippen LogP) is 4.85. The molecule has 2 N–H and O–H groups in total. The van der Waals surface area contributed by atoms with Crippen LogP contribution in [0.4, 0.5) is 5.69 Å². The highest BCUT2D eigenvalue weighted by atomic mass is 35.5. The van der Waals surface area contributed by atoms with Gasteiger partial charge in [-0.3, -0.25) is 9.78 Å². The minimum atomic E-state index is -0.865. The van der Waals surface area contributed by atoms with Crippen LogP contribution in [0, 0.1) is 5.41 Å². The molecular weight excluding hydrogens is 404 g/mol. The highest BCUT2D eigenvalue weighted by molar-refractivity contribution is 6.33. The lowest BCUT2D eigenvalue weighted by atomic mass is 9.74. The number of anilines is 1. The highest BCUT2D eigenvalue weighted by Crippen LogP contribution is 2.38. The molecule has 1 aliphatic rings. The van der Waals surface area contributed by atoms with Gasteiger partial charge in [-0.15, -0.1) is 0 Å². The maximum atomic E-state index is 10.6. The first-order valence-electron chi connectivity index (χ1n) is 9.88. The molecule has 0 aliphatic heterocycles. The van der Waals surface area contributed by atoms with Crippen LogP contribution in [0.2, 0.25) is 5.02 Å². The number of hydrogen-bond acceptors (Lipinski definition) is 6. The molecule has 2 aromatic heterocycles. The minimum absolute atomic E-state index is 0.0128.